The van der Waals surface area contributed by atoms with Crippen molar-refractivity contribution < 1.29 is 28.2 Å². The molecule has 1 aliphatic rings. The predicted molar refractivity (Wildman–Crippen MR) is 48.9 cm³/mol. The van der Waals surface area contributed by atoms with Crippen molar-refractivity contribution >= 4 is 5.97 Å². The van der Waals surface area contributed by atoms with Gasteiger partial charge in [0.15, 0.2) is 6.10 Å². The number of alkyl halides is 3. The normalized spacial score (nSPS) is 18.8. The summed E-state index contributed by atoms with van der Waals surface area (Å²) in [7, 11) is 0. The van der Waals surface area contributed by atoms with Gasteiger partial charge in [-0.25, -0.2) is 0 Å². The van der Waals surface area contributed by atoms with Gasteiger partial charge in [-0.3, -0.25) is 9.69 Å². The molecule has 0 amide bonds. The minimum Gasteiger partial charge on any atom is -0.480 e. The molecule has 1 unspecified atom stereocenters. The van der Waals surface area contributed by atoms with Crippen LogP contribution in [-0.2, 0) is 4.79 Å². The summed E-state index contributed by atoms with van der Waals surface area (Å²) >= 11 is 0. The van der Waals surface area contributed by atoms with Crippen molar-refractivity contribution in [1.29, 1.82) is 0 Å². The minimum absolute atomic E-state index is 0.278. The van der Waals surface area contributed by atoms with E-state index in [-0.39, 0.29) is 5.92 Å². The molecule has 0 aliphatic heterocycles. The van der Waals surface area contributed by atoms with E-state index in [0.29, 0.717) is 6.54 Å². The lowest BCUT2D eigenvalue weighted by molar-refractivity contribution is -0.208. The second-order valence-electron chi connectivity index (χ2n) is 4.09. The number of carboxylic acid groups (broad SMARTS) is 1. The van der Waals surface area contributed by atoms with Crippen LogP contribution in [-0.4, -0.2) is 53.0 Å². The molecule has 1 rings (SSSR count). The zero-order valence-corrected chi connectivity index (χ0v) is 8.57. The van der Waals surface area contributed by atoms with E-state index in [1.807, 2.05) is 0 Å². The number of aliphatic hydroxyl groups is 1. The first-order valence-corrected chi connectivity index (χ1v) is 4.98. The molecule has 1 aliphatic carbocycles. The van der Waals surface area contributed by atoms with Crippen LogP contribution in [0.15, 0.2) is 0 Å². The molecule has 16 heavy (non-hydrogen) atoms. The van der Waals surface area contributed by atoms with Gasteiger partial charge in [-0.05, 0) is 18.8 Å². The largest absolute Gasteiger partial charge is 0.480 e. The zero-order chi connectivity index (χ0) is 12.3. The van der Waals surface area contributed by atoms with Crippen molar-refractivity contribution in [3.8, 4) is 0 Å². The molecule has 1 fully saturated rings. The SMILES string of the molecule is O=C(O)CN(CC1CC1)CC(O)C(F)(F)F. The second-order valence-corrected chi connectivity index (χ2v) is 4.09. The van der Waals surface area contributed by atoms with E-state index < -0.39 is 31.3 Å². The number of carboxylic acids is 1. The Morgan fingerprint density at radius 3 is 2.38 bits per heavy atom. The van der Waals surface area contributed by atoms with Crippen LogP contribution in [0.5, 0.6) is 0 Å². The Morgan fingerprint density at radius 1 is 1.44 bits per heavy atom. The van der Waals surface area contributed by atoms with E-state index >= 15 is 0 Å². The molecule has 0 aromatic carbocycles. The third kappa shape index (κ3) is 4.80. The van der Waals surface area contributed by atoms with E-state index in [4.69, 9.17) is 10.2 Å². The Balaban J connectivity index is 2.44. The highest BCUT2D eigenvalue weighted by molar-refractivity contribution is 5.69. The second kappa shape index (κ2) is 5.01. The first-order valence-electron chi connectivity index (χ1n) is 4.98. The first-order chi connectivity index (χ1) is 7.29. The van der Waals surface area contributed by atoms with Gasteiger partial charge in [0.25, 0.3) is 0 Å². The van der Waals surface area contributed by atoms with Gasteiger partial charge in [0, 0.05) is 13.1 Å². The fraction of sp³-hybridized carbons (Fsp3) is 0.889. The maximum absolute atomic E-state index is 12.1. The third-order valence-electron chi connectivity index (χ3n) is 2.38. The van der Waals surface area contributed by atoms with Crippen LogP contribution in [0.2, 0.25) is 0 Å². The van der Waals surface area contributed by atoms with Crippen LogP contribution < -0.4 is 0 Å². The van der Waals surface area contributed by atoms with Crippen LogP contribution >= 0.6 is 0 Å². The quantitative estimate of drug-likeness (QED) is 0.719. The molecule has 1 atom stereocenters. The van der Waals surface area contributed by atoms with Gasteiger partial charge in [-0.1, -0.05) is 0 Å². The monoisotopic (exact) mass is 241 g/mol. The van der Waals surface area contributed by atoms with Crippen LogP contribution in [0.25, 0.3) is 0 Å². The molecule has 0 heterocycles. The number of aliphatic carboxylic acids is 1. The topological polar surface area (TPSA) is 60.8 Å². The molecular weight excluding hydrogens is 227 g/mol. The Bertz CT molecular complexity index is 253. The van der Waals surface area contributed by atoms with Crippen molar-refractivity contribution in [3.63, 3.8) is 0 Å². The third-order valence-corrected chi connectivity index (χ3v) is 2.38. The van der Waals surface area contributed by atoms with Crippen LogP contribution in [0.1, 0.15) is 12.8 Å². The van der Waals surface area contributed by atoms with E-state index in [2.05, 4.69) is 0 Å². The molecule has 2 N–H and O–H groups in total. The summed E-state index contributed by atoms with van der Waals surface area (Å²) in [4.78, 5) is 11.6. The standard InChI is InChI=1S/C9H14F3NO3/c10-9(11,12)7(14)4-13(5-8(15)16)3-6-1-2-6/h6-7,14H,1-5H2,(H,15,16). The van der Waals surface area contributed by atoms with Crippen molar-refractivity contribution in [2.45, 2.75) is 25.1 Å². The highest BCUT2D eigenvalue weighted by Crippen LogP contribution is 2.30. The Labute approximate surface area is 90.7 Å². The summed E-state index contributed by atoms with van der Waals surface area (Å²) in [5.74, 6) is -0.908. The van der Waals surface area contributed by atoms with Crippen LogP contribution in [0, 0.1) is 5.92 Å². The Morgan fingerprint density at radius 2 is 2.00 bits per heavy atom. The lowest BCUT2D eigenvalue weighted by Crippen LogP contribution is -2.43. The zero-order valence-electron chi connectivity index (χ0n) is 8.57. The summed E-state index contributed by atoms with van der Waals surface area (Å²) in [6, 6.07) is 0. The maximum Gasteiger partial charge on any atom is 0.415 e. The lowest BCUT2D eigenvalue weighted by atomic mass is 10.3. The summed E-state index contributed by atoms with van der Waals surface area (Å²) in [5.41, 5.74) is 0. The fourth-order valence-corrected chi connectivity index (χ4v) is 1.41. The van der Waals surface area contributed by atoms with E-state index in [1.54, 1.807) is 0 Å². The van der Waals surface area contributed by atoms with Gasteiger partial charge in [-0.2, -0.15) is 13.2 Å². The number of carbonyl (C=O) groups is 1. The van der Waals surface area contributed by atoms with Crippen molar-refractivity contribution in [1.82, 2.24) is 4.90 Å². The van der Waals surface area contributed by atoms with Gasteiger partial charge in [0.1, 0.15) is 0 Å². The summed E-state index contributed by atoms with van der Waals surface area (Å²) in [6.07, 6.45) is -5.35. The number of aliphatic hydroxyl groups excluding tert-OH is 1. The molecule has 0 bridgehead atoms. The van der Waals surface area contributed by atoms with Gasteiger partial charge in [0.2, 0.25) is 0 Å². The Kier molecular flexibility index (Phi) is 4.15. The van der Waals surface area contributed by atoms with E-state index in [9.17, 15) is 18.0 Å². The van der Waals surface area contributed by atoms with Gasteiger partial charge in [-0.15, -0.1) is 0 Å². The fourth-order valence-electron chi connectivity index (χ4n) is 1.41. The van der Waals surface area contributed by atoms with Crippen molar-refractivity contribution in [2.75, 3.05) is 19.6 Å². The first kappa shape index (κ1) is 13.2. The summed E-state index contributed by atoms with van der Waals surface area (Å²) < 4.78 is 36.2. The molecule has 0 aromatic heterocycles. The summed E-state index contributed by atoms with van der Waals surface area (Å²) in [5, 5.41) is 17.4. The molecule has 0 aromatic rings. The molecule has 4 nitrogen and oxygen atoms in total. The van der Waals surface area contributed by atoms with Crippen LogP contribution in [0.3, 0.4) is 0 Å². The molecule has 7 heteroatoms. The van der Waals surface area contributed by atoms with Gasteiger partial charge >= 0.3 is 12.1 Å². The number of halogens is 3. The van der Waals surface area contributed by atoms with Crippen molar-refractivity contribution in [3.05, 3.63) is 0 Å². The highest BCUT2D eigenvalue weighted by Gasteiger charge is 2.40. The average Bonchev–Trinajstić information content (AvgIpc) is 2.84. The van der Waals surface area contributed by atoms with E-state index in [1.165, 1.54) is 0 Å². The van der Waals surface area contributed by atoms with E-state index in [0.717, 1.165) is 17.7 Å². The molecule has 0 radical (unpaired) electrons. The van der Waals surface area contributed by atoms with Crippen LogP contribution in [0.4, 0.5) is 13.2 Å². The molecule has 0 saturated heterocycles. The number of hydrogen-bond acceptors (Lipinski definition) is 3. The highest BCUT2D eigenvalue weighted by atomic mass is 19.4. The molecular formula is C9H14F3NO3. The molecule has 94 valence electrons. The summed E-state index contributed by atoms with van der Waals surface area (Å²) in [6.45, 7) is -0.838. The number of rotatable bonds is 6. The minimum atomic E-state index is -4.69. The lowest BCUT2D eigenvalue weighted by Gasteiger charge is -2.24. The molecule has 1 saturated carbocycles. The smallest absolute Gasteiger partial charge is 0.415 e. The predicted octanol–water partition coefficient (Wildman–Crippen LogP) is 0.706. The van der Waals surface area contributed by atoms with Gasteiger partial charge < -0.3 is 10.2 Å². The van der Waals surface area contributed by atoms with Gasteiger partial charge in [0.05, 0.1) is 6.54 Å². The molecule has 0 spiro atoms. The Hall–Kier alpha value is -0.820. The number of nitrogens with zero attached hydrogens (tertiary/aromatic N) is 1. The maximum atomic E-state index is 12.1. The number of hydrogen-bond donors (Lipinski definition) is 2. The van der Waals surface area contributed by atoms with Crippen molar-refractivity contribution in [2.24, 2.45) is 5.92 Å². The average molecular weight is 241 g/mol.